The molecule has 1 aliphatic rings. The number of hydrogen-bond donors (Lipinski definition) is 1. The Labute approximate surface area is 132 Å². The van der Waals surface area contributed by atoms with Gasteiger partial charge in [-0.1, -0.05) is 6.92 Å². The molecule has 0 bridgehead atoms. The first-order valence-electron chi connectivity index (χ1n) is 6.32. The molecule has 2 heterocycles. The second-order valence-electron chi connectivity index (χ2n) is 4.64. The first kappa shape index (κ1) is 16.1. The Morgan fingerprint density at radius 2 is 2.24 bits per heavy atom. The second kappa shape index (κ2) is 6.26. The number of carbonyl (C=O) groups excluding carboxylic acids is 1. The van der Waals surface area contributed by atoms with E-state index in [0.29, 0.717) is 6.42 Å². The van der Waals surface area contributed by atoms with Gasteiger partial charge in [0.1, 0.15) is 6.10 Å². The zero-order chi connectivity index (χ0) is 15.7. The van der Waals surface area contributed by atoms with Gasteiger partial charge in [0, 0.05) is 13.1 Å². The van der Waals surface area contributed by atoms with E-state index in [2.05, 4.69) is 4.98 Å². The largest absolute Gasteiger partial charge is 0.456 e. The molecular weight excluding hydrogens is 398 g/mol. The number of esters is 1. The highest BCUT2D eigenvalue weighted by molar-refractivity contribution is 14.1. The summed E-state index contributed by atoms with van der Waals surface area (Å²) >= 11 is 1.73. The van der Waals surface area contributed by atoms with Crippen LogP contribution in [0, 0.1) is 3.57 Å². The standard InChI is InChI=1S/C12H14FIN2O5/c1-3-7-9(20-5(2)17)8(13)11(21-7)16-4-6(14)10(18)15-12(16)19/h4,7-9,11H,3H2,1-2H3,(H,15,18,19)/t7-,8?,9+,11-/m1/s1. The lowest BCUT2D eigenvalue weighted by molar-refractivity contribution is -0.151. The SMILES string of the molecule is CC[C@H]1O[C@@H](n2cc(I)c(=O)[nH]c2=O)C(F)[C@H]1OC(C)=O. The molecular formula is C12H14FIN2O5. The number of rotatable bonds is 3. The van der Waals surface area contributed by atoms with Crippen LogP contribution >= 0.6 is 22.6 Å². The summed E-state index contributed by atoms with van der Waals surface area (Å²) in [6, 6.07) is 0. The first-order valence-corrected chi connectivity index (χ1v) is 7.40. The van der Waals surface area contributed by atoms with Gasteiger partial charge < -0.3 is 9.47 Å². The molecule has 9 heteroatoms. The Morgan fingerprint density at radius 1 is 1.57 bits per heavy atom. The van der Waals surface area contributed by atoms with Crippen LogP contribution in [0.2, 0.25) is 0 Å². The molecule has 0 aliphatic carbocycles. The lowest BCUT2D eigenvalue weighted by atomic mass is 10.1. The molecule has 0 saturated carbocycles. The molecule has 1 saturated heterocycles. The van der Waals surface area contributed by atoms with E-state index in [1.165, 1.54) is 13.1 Å². The van der Waals surface area contributed by atoms with Crippen LogP contribution in [0.15, 0.2) is 15.8 Å². The molecule has 7 nitrogen and oxygen atoms in total. The van der Waals surface area contributed by atoms with Crippen LogP contribution in [0.3, 0.4) is 0 Å². The smallest absolute Gasteiger partial charge is 0.330 e. The van der Waals surface area contributed by atoms with Crippen molar-refractivity contribution in [2.75, 3.05) is 0 Å². The summed E-state index contributed by atoms with van der Waals surface area (Å²) in [4.78, 5) is 36.3. The van der Waals surface area contributed by atoms with Gasteiger partial charge in [0.2, 0.25) is 0 Å². The zero-order valence-corrected chi connectivity index (χ0v) is 13.5. The average molecular weight is 412 g/mol. The van der Waals surface area contributed by atoms with Crippen LogP contribution in [-0.2, 0) is 14.3 Å². The van der Waals surface area contributed by atoms with Crippen molar-refractivity contribution in [2.24, 2.45) is 0 Å². The van der Waals surface area contributed by atoms with E-state index in [1.807, 2.05) is 0 Å². The average Bonchev–Trinajstić information content (AvgIpc) is 2.71. The molecule has 0 spiro atoms. The molecule has 1 aromatic rings. The molecule has 1 N–H and O–H groups in total. The summed E-state index contributed by atoms with van der Waals surface area (Å²) in [5, 5.41) is 0. The maximum Gasteiger partial charge on any atom is 0.330 e. The van der Waals surface area contributed by atoms with Crippen molar-refractivity contribution in [3.63, 3.8) is 0 Å². The van der Waals surface area contributed by atoms with Crippen LogP contribution in [0.4, 0.5) is 4.39 Å². The summed E-state index contributed by atoms with van der Waals surface area (Å²) in [6.45, 7) is 2.94. The van der Waals surface area contributed by atoms with E-state index >= 15 is 0 Å². The fraction of sp³-hybridized carbons (Fsp3) is 0.583. The van der Waals surface area contributed by atoms with Gasteiger partial charge in [-0.3, -0.25) is 19.1 Å². The van der Waals surface area contributed by atoms with E-state index in [0.717, 1.165) is 4.57 Å². The van der Waals surface area contributed by atoms with Crippen LogP contribution in [0.5, 0.6) is 0 Å². The Balaban J connectivity index is 2.37. The van der Waals surface area contributed by atoms with Crippen molar-refractivity contribution in [1.82, 2.24) is 9.55 Å². The second-order valence-corrected chi connectivity index (χ2v) is 5.80. The van der Waals surface area contributed by atoms with Crippen LogP contribution in [0.25, 0.3) is 0 Å². The normalized spacial score (nSPS) is 28.6. The molecule has 21 heavy (non-hydrogen) atoms. The van der Waals surface area contributed by atoms with Gasteiger partial charge in [0.15, 0.2) is 18.5 Å². The lowest BCUT2D eigenvalue weighted by Gasteiger charge is -2.17. The molecule has 0 aromatic carbocycles. The number of alkyl halides is 1. The minimum Gasteiger partial charge on any atom is -0.456 e. The third kappa shape index (κ3) is 3.18. The number of halogens is 2. The maximum absolute atomic E-state index is 14.5. The van der Waals surface area contributed by atoms with Gasteiger partial charge in [-0.2, -0.15) is 0 Å². The van der Waals surface area contributed by atoms with E-state index in [-0.39, 0.29) is 3.57 Å². The molecule has 1 aromatic heterocycles. The summed E-state index contributed by atoms with van der Waals surface area (Å²) in [6.07, 6.45) is -3.01. The van der Waals surface area contributed by atoms with Crippen LogP contribution in [0.1, 0.15) is 26.5 Å². The van der Waals surface area contributed by atoms with E-state index < -0.39 is 41.8 Å². The fourth-order valence-corrected chi connectivity index (χ4v) is 2.66. The first-order chi connectivity index (χ1) is 9.85. The van der Waals surface area contributed by atoms with Gasteiger partial charge in [0.25, 0.3) is 5.56 Å². The molecule has 0 radical (unpaired) electrons. The Hall–Kier alpha value is -1.23. The van der Waals surface area contributed by atoms with Crippen LogP contribution < -0.4 is 11.2 Å². The summed E-state index contributed by atoms with van der Waals surface area (Å²) in [5.74, 6) is -0.617. The number of aromatic nitrogens is 2. The van der Waals surface area contributed by atoms with Gasteiger partial charge >= 0.3 is 11.7 Å². The highest BCUT2D eigenvalue weighted by Gasteiger charge is 2.47. The molecule has 116 valence electrons. The highest BCUT2D eigenvalue weighted by Crippen LogP contribution is 2.34. The number of ether oxygens (including phenoxy) is 2. The summed E-state index contributed by atoms with van der Waals surface area (Å²) in [5.41, 5.74) is -1.32. The Morgan fingerprint density at radius 3 is 2.81 bits per heavy atom. The molecule has 2 rings (SSSR count). The molecule has 1 aliphatic heterocycles. The molecule has 4 atom stereocenters. The van der Waals surface area contributed by atoms with Crippen molar-refractivity contribution >= 4 is 28.6 Å². The van der Waals surface area contributed by atoms with E-state index in [9.17, 15) is 18.8 Å². The predicted octanol–water partition coefficient (Wildman–Crippen LogP) is 0.718. The van der Waals surface area contributed by atoms with E-state index in [1.54, 1.807) is 29.5 Å². The number of aromatic amines is 1. The number of nitrogens with zero attached hydrogens (tertiary/aromatic N) is 1. The minimum absolute atomic E-state index is 0.229. The zero-order valence-electron chi connectivity index (χ0n) is 11.3. The molecule has 0 amide bonds. The quantitative estimate of drug-likeness (QED) is 0.584. The van der Waals surface area contributed by atoms with E-state index in [4.69, 9.17) is 9.47 Å². The van der Waals surface area contributed by atoms with Gasteiger partial charge in [-0.05, 0) is 29.0 Å². The Bertz CT molecular complexity index is 658. The summed E-state index contributed by atoms with van der Waals surface area (Å²) in [7, 11) is 0. The highest BCUT2D eigenvalue weighted by atomic mass is 127. The third-order valence-corrected chi connectivity index (χ3v) is 3.94. The number of nitrogens with one attached hydrogen (secondary N) is 1. The van der Waals surface area contributed by atoms with Crippen molar-refractivity contribution in [1.29, 1.82) is 0 Å². The maximum atomic E-state index is 14.5. The van der Waals surface area contributed by atoms with Gasteiger partial charge in [-0.25, -0.2) is 9.18 Å². The number of H-pyrrole nitrogens is 1. The number of carbonyl (C=O) groups is 1. The lowest BCUT2D eigenvalue weighted by Crippen LogP contribution is -2.38. The third-order valence-electron chi connectivity index (χ3n) is 3.17. The minimum atomic E-state index is -1.70. The Kier molecular flexibility index (Phi) is 4.81. The molecule has 1 unspecified atom stereocenters. The van der Waals surface area contributed by atoms with Crippen molar-refractivity contribution in [3.05, 3.63) is 30.6 Å². The number of hydrogen-bond acceptors (Lipinski definition) is 5. The predicted molar refractivity (Wildman–Crippen MR) is 78.7 cm³/mol. The topological polar surface area (TPSA) is 90.4 Å². The summed E-state index contributed by atoms with van der Waals surface area (Å²) < 4.78 is 26.1. The van der Waals surface area contributed by atoms with Gasteiger partial charge in [-0.15, -0.1) is 0 Å². The molecule has 1 fully saturated rings. The van der Waals surface area contributed by atoms with Crippen molar-refractivity contribution < 1.29 is 18.7 Å². The van der Waals surface area contributed by atoms with Gasteiger partial charge in [0.05, 0.1) is 3.57 Å². The van der Waals surface area contributed by atoms with Crippen LogP contribution in [-0.4, -0.2) is 33.9 Å². The van der Waals surface area contributed by atoms with Crippen molar-refractivity contribution in [2.45, 2.75) is 44.9 Å². The van der Waals surface area contributed by atoms with Crippen molar-refractivity contribution in [3.8, 4) is 0 Å². The monoisotopic (exact) mass is 412 g/mol. The fourth-order valence-electron chi connectivity index (χ4n) is 2.23.